The molecule has 0 aliphatic heterocycles. The summed E-state index contributed by atoms with van der Waals surface area (Å²) in [6, 6.07) is 0. The summed E-state index contributed by atoms with van der Waals surface area (Å²) < 4.78 is 5.66. The number of nitrogens with one attached hydrogen (secondary N) is 1. The molecule has 0 saturated carbocycles. The second kappa shape index (κ2) is 5.71. The number of halogens is 1. The van der Waals surface area contributed by atoms with Crippen LogP contribution in [-0.2, 0) is 3.07 Å². The summed E-state index contributed by atoms with van der Waals surface area (Å²) in [5.74, 6) is 0. The van der Waals surface area contributed by atoms with Gasteiger partial charge in [-0.25, -0.2) is 0 Å². The van der Waals surface area contributed by atoms with E-state index in [1.807, 2.05) is 6.92 Å². The summed E-state index contributed by atoms with van der Waals surface area (Å²) in [5.41, 5.74) is 2.58. The number of nitrogens with zero attached hydrogens (tertiary/aromatic N) is 2. The van der Waals surface area contributed by atoms with Gasteiger partial charge >= 0.3 is 85.0 Å². The van der Waals surface area contributed by atoms with E-state index in [0.29, 0.717) is 0 Å². The molecule has 0 aromatic heterocycles. The van der Waals surface area contributed by atoms with Crippen molar-refractivity contribution >= 4 is 6.72 Å². The van der Waals surface area contributed by atoms with Gasteiger partial charge in [0.05, 0.1) is 0 Å². The zero-order valence-corrected chi connectivity index (χ0v) is 10.3. The Labute approximate surface area is 85.1 Å². The molecule has 0 aliphatic carbocycles. The second-order valence-electron chi connectivity index (χ2n) is 2.44. The van der Waals surface area contributed by atoms with Gasteiger partial charge in [-0.1, -0.05) is 0 Å². The molecule has 0 spiro atoms. The average Bonchev–Trinajstić information content (AvgIpc) is 2.07. The van der Waals surface area contributed by atoms with Crippen molar-refractivity contribution in [1.82, 2.24) is 10.5 Å². The Morgan fingerprint density at radius 2 is 2.33 bits per heavy atom. The van der Waals surface area contributed by atoms with Crippen LogP contribution in [-0.4, -0.2) is 29.5 Å². The first kappa shape index (κ1) is 12.1. The Kier molecular flexibility index (Phi) is 5.77. The third-order valence-electron chi connectivity index (χ3n) is 1.70. The van der Waals surface area contributed by atoms with E-state index in [1.54, 1.807) is 12.2 Å². The van der Waals surface area contributed by atoms with Crippen LogP contribution in [0, 0.1) is 0 Å². The van der Waals surface area contributed by atoms with Crippen LogP contribution in [0.15, 0.2) is 5.10 Å². The topological polar surface area (TPSA) is 36.9 Å². The summed E-state index contributed by atoms with van der Waals surface area (Å²) in [6.07, 6.45) is 0.875. The van der Waals surface area contributed by atoms with Crippen molar-refractivity contribution in [1.29, 1.82) is 0 Å². The first-order chi connectivity index (χ1) is 5.64. The van der Waals surface area contributed by atoms with Gasteiger partial charge in [-0.3, -0.25) is 0 Å². The van der Waals surface area contributed by atoms with Crippen molar-refractivity contribution in [2.75, 3.05) is 12.0 Å². The molecule has 1 atom stereocenters. The minimum atomic E-state index is -0.349. The predicted molar refractivity (Wildman–Crippen MR) is 46.2 cm³/mol. The zero-order chi connectivity index (χ0) is 9.61. The van der Waals surface area contributed by atoms with E-state index in [0.717, 1.165) is 6.42 Å². The van der Waals surface area contributed by atoms with Crippen LogP contribution in [0.5, 0.6) is 0 Å². The van der Waals surface area contributed by atoms with Crippen LogP contribution in [0.4, 0.5) is 0 Å². The fourth-order valence-electron chi connectivity index (χ4n) is 0.860. The standard InChI is InChI=1S/C7H17IN3O/c1-6-7(2,12-8-3)11(9-4)10-5/h10H,4,6H2,1-3,5H3/q-1. The van der Waals surface area contributed by atoms with Gasteiger partial charge in [0.1, 0.15) is 0 Å². The number of hydrogen-bond donors (Lipinski definition) is 1. The van der Waals surface area contributed by atoms with E-state index >= 15 is 0 Å². The predicted octanol–water partition coefficient (Wildman–Crippen LogP) is -2.18. The zero-order valence-electron chi connectivity index (χ0n) is 8.09. The Balaban J connectivity index is 4.34. The van der Waals surface area contributed by atoms with Crippen LogP contribution >= 0.6 is 0 Å². The molecule has 0 amide bonds. The Morgan fingerprint density at radius 1 is 1.75 bits per heavy atom. The first-order valence-electron chi connectivity index (χ1n) is 3.76. The van der Waals surface area contributed by atoms with Gasteiger partial charge in [-0.15, -0.1) is 0 Å². The summed E-state index contributed by atoms with van der Waals surface area (Å²) in [5, 5.41) is 5.48. The molecule has 4 nitrogen and oxygen atoms in total. The van der Waals surface area contributed by atoms with Crippen LogP contribution in [0.1, 0.15) is 20.3 Å². The van der Waals surface area contributed by atoms with Crippen molar-refractivity contribution in [3.8, 4) is 0 Å². The molecular formula is C7H17IN3O-. The molecule has 12 heavy (non-hydrogen) atoms. The molecule has 0 saturated heterocycles. The second-order valence-corrected chi connectivity index (χ2v) is 3.76. The molecule has 0 fully saturated rings. The van der Waals surface area contributed by atoms with Crippen LogP contribution < -0.4 is 27.0 Å². The third kappa shape index (κ3) is 2.87. The molecule has 0 aromatic carbocycles. The van der Waals surface area contributed by atoms with Crippen molar-refractivity contribution in [2.45, 2.75) is 26.0 Å². The maximum atomic E-state index is 5.66. The van der Waals surface area contributed by atoms with Crippen LogP contribution in [0.2, 0.25) is 0 Å². The molecule has 0 rings (SSSR count). The van der Waals surface area contributed by atoms with Gasteiger partial charge in [0.25, 0.3) is 0 Å². The van der Waals surface area contributed by atoms with Crippen molar-refractivity contribution in [3.63, 3.8) is 0 Å². The molecule has 74 valence electrons. The van der Waals surface area contributed by atoms with Gasteiger partial charge in [0.15, 0.2) is 0 Å². The van der Waals surface area contributed by atoms with Crippen LogP contribution in [0.25, 0.3) is 0 Å². The quantitative estimate of drug-likeness (QED) is 0.198. The van der Waals surface area contributed by atoms with Gasteiger partial charge < -0.3 is 0 Å². The Hall–Kier alpha value is 0.120. The number of hydrazone groups is 1. The fourth-order valence-corrected chi connectivity index (χ4v) is 2.31. The monoisotopic (exact) mass is 286 g/mol. The minimum absolute atomic E-state index is 0.204. The van der Waals surface area contributed by atoms with Crippen molar-refractivity contribution in [2.24, 2.45) is 5.10 Å². The molecule has 0 radical (unpaired) electrons. The Morgan fingerprint density at radius 3 is 2.58 bits per heavy atom. The average molecular weight is 286 g/mol. The van der Waals surface area contributed by atoms with Crippen molar-refractivity contribution in [3.05, 3.63) is 0 Å². The SMILES string of the molecule is C=NN(NC)C(C)(CC)O[I-]C. The molecule has 5 heteroatoms. The van der Waals surface area contributed by atoms with E-state index in [1.165, 1.54) is 0 Å². The normalized spacial score (nSPS) is 15.7. The molecule has 0 aromatic rings. The molecular weight excluding hydrogens is 269 g/mol. The third-order valence-corrected chi connectivity index (χ3v) is 3.09. The number of rotatable bonds is 6. The molecule has 1 N–H and O–H groups in total. The molecule has 0 bridgehead atoms. The van der Waals surface area contributed by atoms with E-state index in [2.05, 4.69) is 29.1 Å². The van der Waals surface area contributed by atoms with E-state index in [9.17, 15) is 0 Å². The van der Waals surface area contributed by atoms with E-state index < -0.39 is 0 Å². The van der Waals surface area contributed by atoms with Gasteiger partial charge in [0.2, 0.25) is 0 Å². The van der Waals surface area contributed by atoms with Crippen molar-refractivity contribution < 1.29 is 24.7 Å². The molecule has 0 heterocycles. The number of hydrazine groups is 1. The number of alkyl halides is 1. The van der Waals surface area contributed by atoms with Gasteiger partial charge in [0, 0.05) is 0 Å². The summed E-state index contributed by atoms with van der Waals surface area (Å²) in [7, 11) is 1.81. The van der Waals surface area contributed by atoms with Crippen LogP contribution in [0.3, 0.4) is 0 Å². The Bertz CT molecular complexity index is 145. The van der Waals surface area contributed by atoms with Gasteiger partial charge in [-0.2, -0.15) is 0 Å². The molecule has 1 unspecified atom stereocenters. The molecule has 0 aliphatic rings. The number of hydrogen-bond acceptors (Lipinski definition) is 4. The van der Waals surface area contributed by atoms with E-state index in [4.69, 9.17) is 3.07 Å². The maximum absolute atomic E-state index is 5.66. The summed E-state index contributed by atoms with van der Waals surface area (Å²) in [6.45, 7) is 7.54. The summed E-state index contributed by atoms with van der Waals surface area (Å²) in [4.78, 5) is 2.07. The van der Waals surface area contributed by atoms with Gasteiger partial charge in [-0.05, 0) is 0 Å². The fraction of sp³-hybridized carbons (Fsp3) is 0.857. The van der Waals surface area contributed by atoms with E-state index in [-0.39, 0.29) is 27.3 Å². The summed E-state index contributed by atoms with van der Waals surface area (Å²) >= 11 is -0.204. The first-order valence-corrected chi connectivity index (χ1v) is 6.80.